The maximum Gasteiger partial charge on any atom is 0.407 e. The number of amides is 1. The number of ether oxygens (including phenoxy) is 1. The molecular weight excluding hydrogens is 296 g/mol. The Morgan fingerprint density at radius 3 is 2.11 bits per heavy atom. The second kappa shape index (κ2) is 11.8. The first kappa shape index (κ1) is 20.0. The summed E-state index contributed by atoms with van der Waals surface area (Å²) in [5.41, 5.74) is 0. The standard InChI is InChI=1S/C13H28N2O2.BrH/c1-5-9-10-14-13(16)17-12-11-15(6-2,7-3)8-4;/h5-12H2,1-4H3;1H. The van der Waals surface area contributed by atoms with E-state index in [0.29, 0.717) is 13.2 Å². The first-order chi connectivity index (χ1) is 8.14. The molecule has 0 aliphatic heterocycles. The van der Waals surface area contributed by atoms with Gasteiger partial charge in [0.05, 0.1) is 19.6 Å². The minimum atomic E-state index is -0.278. The van der Waals surface area contributed by atoms with Gasteiger partial charge in [-0.15, -0.1) is 0 Å². The van der Waals surface area contributed by atoms with Gasteiger partial charge in [-0.05, 0) is 27.2 Å². The summed E-state index contributed by atoms with van der Waals surface area (Å²) in [6, 6.07) is 0. The summed E-state index contributed by atoms with van der Waals surface area (Å²) < 4.78 is 6.20. The van der Waals surface area contributed by atoms with Crippen molar-refractivity contribution in [2.45, 2.75) is 40.5 Å². The maximum atomic E-state index is 11.3. The Kier molecular flexibility index (Phi) is 13.1. The van der Waals surface area contributed by atoms with Crippen molar-refractivity contribution in [1.29, 1.82) is 0 Å². The van der Waals surface area contributed by atoms with Crippen LogP contribution in [0, 0.1) is 0 Å². The van der Waals surface area contributed by atoms with E-state index in [1.54, 1.807) is 0 Å². The lowest BCUT2D eigenvalue weighted by Crippen LogP contribution is -3.00. The summed E-state index contributed by atoms with van der Waals surface area (Å²) in [6.07, 6.45) is 1.82. The van der Waals surface area contributed by atoms with Crippen LogP contribution in [0.3, 0.4) is 0 Å². The minimum Gasteiger partial charge on any atom is -1.00 e. The van der Waals surface area contributed by atoms with Crippen LogP contribution in [0.25, 0.3) is 0 Å². The highest BCUT2D eigenvalue weighted by atomic mass is 79.9. The van der Waals surface area contributed by atoms with E-state index in [1.807, 2.05) is 0 Å². The number of likely N-dealkylation sites (N-methyl/N-ethyl adjacent to an activating group) is 1. The monoisotopic (exact) mass is 324 g/mol. The number of alkyl carbamates (subject to hydrolysis) is 1. The second-order valence-electron chi connectivity index (χ2n) is 4.43. The van der Waals surface area contributed by atoms with Gasteiger partial charge in [-0.3, -0.25) is 0 Å². The van der Waals surface area contributed by atoms with E-state index in [-0.39, 0.29) is 23.1 Å². The smallest absolute Gasteiger partial charge is 0.407 e. The Balaban J connectivity index is 0. The quantitative estimate of drug-likeness (QED) is 0.454. The van der Waals surface area contributed by atoms with Gasteiger partial charge in [-0.1, -0.05) is 13.3 Å². The molecule has 0 aromatic rings. The lowest BCUT2D eigenvalue weighted by Gasteiger charge is -2.35. The van der Waals surface area contributed by atoms with Crippen LogP contribution in [0.15, 0.2) is 0 Å². The van der Waals surface area contributed by atoms with Crippen LogP contribution in [0.5, 0.6) is 0 Å². The minimum absolute atomic E-state index is 0. The molecule has 0 aromatic carbocycles. The Hall–Kier alpha value is -0.290. The highest BCUT2D eigenvalue weighted by Crippen LogP contribution is 2.05. The fourth-order valence-corrected chi connectivity index (χ4v) is 1.90. The van der Waals surface area contributed by atoms with Crippen molar-refractivity contribution in [3.05, 3.63) is 0 Å². The third-order valence-corrected chi connectivity index (χ3v) is 3.61. The van der Waals surface area contributed by atoms with Crippen LogP contribution in [0.2, 0.25) is 0 Å². The molecule has 0 aliphatic carbocycles. The Bertz CT molecular complexity index is 201. The number of hydrogen-bond donors (Lipinski definition) is 1. The van der Waals surface area contributed by atoms with Gasteiger partial charge in [-0.2, -0.15) is 0 Å². The molecule has 0 spiro atoms. The molecule has 4 nitrogen and oxygen atoms in total. The van der Waals surface area contributed by atoms with Gasteiger partial charge in [0.2, 0.25) is 0 Å². The van der Waals surface area contributed by atoms with E-state index < -0.39 is 0 Å². The van der Waals surface area contributed by atoms with Gasteiger partial charge in [0.15, 0.2) is 0 Å². The van der Waals surface area contributed by atoms with Crippen LogP contribution >= 0.6 is 0 Å². The van der Waals surface area contributed by atoms with Gasteiger partial charge in [-0.25, -0.2) is 4.79 Å². The number of hydrogen-bond acceptors (Lipinski definition) is 2. The number of nitrogens with zero attached hydrogens (tertiary/aromatic N) is 1. The lowest BCUT2D eigenvalue weighted by atomic mass is 10.3. The van der Waals surface area contributed by atoms with Gasteiger partial charge in [0.25, 0.3) is 0 Å². The fourth-order valence-electron chi connectivity index (χ4n) is 1.90. The van der Waals surface area contributed by atoms with Crippen LogP contribution in [0.1, 0.15) is 40.5 Å². The van der Waals surface area contributed by atoms with E-state index in [9.17, 15) is 4.79 Å². The molecule has 1 N–H and O–H groups in total. The second-order valence-corrected chi connectivity index (χ2v) is 4.43. The van der Waals surface area contributed by atoms with Crippen LogP contribution in [-0.4, -0.2) is 49.9 Å². The van der Waals surface area contributed by atoms with E-state index in [0.717, 1.165) is 43.5 Å². The molecular formula is C13H29BrN2O2. The third kappa shape index (κ3) is 7.93. The molecule has 0 saturated carbocycles. The molecule has 0 unspecified atom stereocenters. The Morgan fingerprint density at radius 2 is 1.67 bits per heavy atom. The molecule has 0 fully saturated rings. The fraction of sp³-hybridized carbons (Fsp3) is 0.923. The highest BCUT2D eigenvalue weighted by molar-refractivity contribution is 5.66. The predicted molar refractivity (Wildman–Crippen MR) is 71.0 cm³/mol. The molecule has 5 heteroatoms. The molecule has 0 bridgehead atoms. The number of unbranched alkanes of at least 4 members (excludes halogenated alkanes) is 1. The molecule has 1 amide bonds. The van der Waals surface area contributed by atoms with Crippen molar-refractivity contribution in [3.8, 4) is 0 Å². The first-order valence-electron chi connectivity index (χ1n) is 6.89. The summed E-state index contributed by atoms with van der Waals surface area (Å²) in [4.78, 5) is 11.3. The Morgan fingerprint density at radius 1 is 1.11 bits per heavy atom. The number of carbonyl (C=O) groups is 1. The largest absolute Gasteiger partial charge is 1.00 e. The van der Waals surface area contributed by atoms with E-state index in [2.05, 4.69) is 33.0 Å². The zero-order valence-corrected chi connectivity index (χ0v) is 13.9. The van der Waals surface area contributed by atoms with Crippen molar-refractivity contribution in [3.63, 3.8) is 0 Å². The Labute approximate surface area is 122 Å². The number of halogens is 1. The molecule has 110 valence electrons. The van der Waals surface area contributed by atoms with E-state index in [1.165, 1.54) is 0 Å². The summed E-state index contributed by atoms with van der Waals surface area (Å²) in [5.74, 6) is 0. The maximum absolute atomic E-state index is 11.3. The van der Waals surface area contributed by atoms with Crippen LogP contribution < -0.4 is 22.3 Å². The van der Waals surface area contributed by atoms with Gasteiger partial charge in [0, 0.05) is 6.54 Å². The third-order valence-electron chi connectivity index (χ3n) is 3.61. The van der Waals surface area contributed by atoms with Crippen LogP contribution in [0.4, 0.5) is 4.79 Å². The molecule has 18 heavy (non-hydrogen) atoms. The normalized spacial score (nSPS) is 10.7. The summed E-state index contributed by atoms with van der Waals surface area (Å²) in [5, 5.41) is 2.76. The number of quaternary nitrogens is 1. The molecule has 0 saturated heterocycles. The van der Waals surface area contributed by atoms with Crippen molar-refractivity contribution in [2.24, 2.45) is 0 Å². The van der Waals surface area contributed by atoms with E-state index in [4.69, 9.17) is 4.74 Å². The summed E-state index contributed by atoms with van der Waals surface area (Å²) >= 11 is 0. The average molecular weight is 325 g/mol. The van der Waals surface area contributed by atoms with Crippen molar-refractivity contribution in [2.75, 3.05) is 39.3 Å². The highest BCUT2D eigenvalue weighted by Gasteiger charge is 2.20. The summed E-state index contributed by atoms with van der Waals surface area (Å²) in [7, 11) is 0. The van der Waals surface area contributed by atoms with Crippen LogP contribution in [-0.2, 0) is 4.74 Å². The van der Waals surface area contributed by atoms with Gasteiger partial charge >= 0.3 is 6.09 Å². The molecule has 0 rings (SSSR count). The first-order valence-corrected chi connectivity index (χ1v) is 6.89. The molecule has 0 aromatic heterocycles. The van der Waals surface area contributed by atoms with Gasteiger partial charge in [0.1, 0.15) is 13.2 Å². The average Bonchev–Trinajstić information content (AvgIpc) is 2.36. The molecule has 0 radical (unpaired) electrons. The van der Waals surface area contributed by atoms with Crippen molar-refractivity contribution in [1.82, 2.24) is 5.32 Å². The van der Waals surface area contributed by atoms with Crippen molar-refractivity contribution >= 4 is 6.09 Å². The zero-order chi connectivity index (χ0) is 13.1. The molecule has 0 aliphatic rings. The van der Waals surface area contributed by atoms with Crippen molar-refractivity contribution < 1.29 is 31.0 Å². The zero-order valence-electron chi connectivity index (χ0n) is 12.3. The number of carbonyl (C=O) groups excluding carboxylic acids is 1. The molecule has 0 atom stereocenters. The predicted octanol–water partition coefficient (Wildman–Crippen LogP) is -0.607. The topological polar surface area (TPSA) is 38.3 Å². The van der Waals surface area contributed by atoms with E-state index >= 15 is 0 Å². The number of nitrogens with one attached hydrogen (secondary N) is 1. The lowest BCUT2D eigenvalue weighted by molar-refractivity contribution is -0.923. The SMILES string of the molecule is CCCCNC(=O)OCC[N+](CC)(CC)CC.[Br-]. The summed E-state index contributed by atoms with van der Waals surface area (Å²) in [6.45, 7) is 14.1. The molecule has 0 heterocycles. The number of rotatable bonds is 9. The van der Waals surface area contributed by atoms with Gasteiger partial charge < -0.3 is 31.5 Å².